The van der Waals surface area contributed by atoms with Gasteiger partial charge in [0, 0.05) is 15.9 Å². The van der Waals surface area contributed by atoms with Gasteiger partial charge >= 0.3 is 0 Å². The number of halogens is 1. The van der Waals surface area contributed by atoms with E-state index in [4.69, 9.17) is 5.73 Å². The maximum absolute atomic E-state index is 12.1. The molecule has 20 heavy (non-hydrogen) atoms. The lowest BCUT2D eigenvalue weighted by atomic mass is 9.91. The monoisotopic (exact) mass is 350 g/mol. The van der Waals surface area contributed by atoms with E-state index in [0.29, 0.717) is 13.0 Å². The second-order valence-electron chi connectivity index (χ2n) is 4.97. The SMILES string of the molecule is NC(=O)C1(NCc2cccs2)CCc2c(Br)cccc21. The minimum Gasteiger partial charge on any atom is -0.368 e. The van der Waals surface area contributed by atoms with Gasteiger partial charge in [0.05, 0.1) is 0 Å². The maximum Gasteiger partial charge on any atom is 0.242 e. The minimum atomic E-state index is -0.747. The van der Waals surface area contributed by atoms with Crippen LogP contribution in [-0.2, 0) is 23.3 Å². The third-order valence-electron chi connectivity index (χ3n) is 3.89. The Morgan fingerprint density at radius 3 is 2.95 bits per heavy atom. The van der Waals surface area contributed by atoms with Gasteiger partial charge < -0.3 is 5.73 Å². The summed E-state index contributed by atoms with van der Waals surface area (Å²) in [5.41, 5.74) is 7.17. The number of fused-ring (bicyclic) bond motifs is 1. The molecule has 3 rings (SSSR count). The van der Waals surface area contributed by atoms with E-state index in [0.717, 1.165) is 16.5 Å². The van der Waals surface area contributed by atoms with Crippen LogP contribution in [0.1, 0.15) is 22.4 Å². The molecule has 3 nitrogen and oxygen atoms in total. The van der Waals surface area contributed by atoms with E-state index in [1.165, 1.54) is 10.4 Å². The lowest BCUT2D eigenvalue weighted by Crippen LogP contribution is -2.50. The van der Waals surface area contributed by atoms with E-state index >= 15 is 0 Å². The van der Waals surface area contributed by atoms with Crippen molar-refractivity contribution in [1.82, 2.24) is 5.32 Å². The fraction of sp³-hybridized carbons (Fsp3) is 0.267. The molecule has 1 aliphatic carbocycles. The molecule has 1 heterocycles. The summed E-state index contributed by atoms with van der Waals surface area (Å²) in [6, 6.07) is 10.0. The molecule has 1 unspecified atom stereocenters. The molecule has 1 atom stereocenters. The fourth-order valence-electron chi connectivity index (χ4n) is 2.84. The predicted molar refractivity (Wildman–Crippen MR) is 84.5 cm³/mol. The largest absolute Gasteiger partial charge is 0.368 e. The highest BCUT2D eigenvalue weighted by Gasteiger charge is 2.44. The Labute approximate surface area is 130 Å². The van der Waals surface area contributed by atoms with E-state index in [9.17, 15) is 4.79 Å². The summed E-state index contributed by atoms with van der Waals surface area (Å²) in [7, 11) is 0. The maximum atomic E-state index is 12.1. The normalized spacial score (nSPS) is 20.9. The topological polar surface area (TPSA) is 55.1 Å². The minimum absolute atomic E-state index is 0.300. The van der Waals surface area contributed by atoms with Gasteiger partial charge in [-0.2, -0.15) is 0 Å². The number of nitrogens with one attached hydrogen (secondary N) is 1. The number of carbonyl (C=O) groups excluding carboxylic acids is 1. The van der Waals surface area contributed by atoms with Crippen LogP contribution in [0.4, 0.5) is 0 Å². The zero-order chi connectivity index (χ0) is 14.2. The van der Waals surface area contributed by atoms with Crippen molar-refractivity contribution < 1.29 is 4.79 Å². The Morgan fingerprint density at radius 2 is 2.25 bits per heavy atom. The van der Waals surface area contributed by atoms with Crippen LogP contribution < -0.4 is 11.1 Å². The highest BCUT2D eigenvalue weighted by molar-refractivity contribution is 9.10. The Kier molecular flexibility index (Phi) is 3.67. The van der Waals surface area contributed by atoms with Crippen molar-refractivity contribution >= 4 is 33.2 Å². The molecule has 0 radical (unpaired) electrons. The zero-order valence-electron chi connectivity index (χ0n) is 10.9. The number of amides is 1. The van der Waals surface area contributed by atoms with E-state index in [1.807, 2.05) is 29.6 Å². The molecule has 0 saturated carbocycles. The van der Waals surface area contributed by atoms with Crippen LogP contribution >= 0.6 is 27.3 Å². The predicted octanol–water partition coefficient (Wildman–Crippen LogP) is 2.93. The van der Waals surface area contributed by atoms with Crippen LogP contribution in [0.2, 0.25) is 0 Å². The number of thiophene rings is 1. The van der Waals surface area contributed by atoms with Crippen LogP contribution in [0.3, 0.4) is 0 Å². The van der Waals surface area contributed by atoms with Crippen molar-refractivity contribution in [2.75, 3.05) is 0 Å². The summed E-state index contributed by atoms with van der Waals surface area (Å²) in [5, 5.41) is 5.43. The number of primary amides is 1. The van der Waals surface area contributed by atoms with Crippen molar-refractivity contribution in [3.8, 4) is 0 Å². The van der Waals surface area contributed by atoms with E-state index < -0.39 is 5.54 Å². The summed E-state index contributed by atoms with van der Waals surface area (Å²) < 4.78 is 1.05. The van der Waals surface area contributed by atoms with Crippen molar-refractivity contribution in [3.05, 3.63) is 56.2 Å². The number of hydrogen-bond acceptors (Lipinski definition) is 3. The number of rotatable bonds is 4. The molecule has 1 amide bonds. The second-order valence-corrected chi connectivity index (χ2v) is 6.86. The average molecular weight is 351 g/mol. The molecule has 0 bridgehead atoms. The Hall–Kier alpha value is -1.17. The van der Waals surface area contributed by atoms with Crippen LogP contribution in [0, 0.1) is 0 Å². The molecule has 0 fully saturated rings. The first-order valence-electron chi connectivity index (χ1n) is 6.49. The number of benzene rings is 1. The smallest absolute Gasteiger partial charge is 0.242 e. The van der Waals surface area contributed by atoms with E-state index in [1.54, 1.807) is 11.3 Å². The van der Waals surface area contributed by atoms with Crippen molar-refractivity contribution in [2.45, 2.75) is 24.9 Å². The van der Waals surface area contributed by atoms with E-state index in [-0.39, 0.29) is 5.91 Å². The average Bonchev–Trinajstić information content (AvgIpc) is 3.05. The molecule has 1 aromatic heterocycles. The summed E-state index contributed by atoms with van der Waals surface area (Å²) in [5.74, 6) is -0.300. The quantitative estimate of drug-likeness (QED) is 0.890. The van der Waals surface area contributed by atoms with Gasteiger partial charge in [-0.05, 0) is 41.5 Å². The first-order chi connectivity index (χ1) is 9.63. The van der Waals surface area contributed by atoms with Gasteiger partial charge in [0.2, 0.25) is 5.91 Å². The zero-order valence-corrected chi connectivity index (χ0v) is 13.3. The van der Waals surface area contributed by atoms with Gasteiger partial charge in [-0.3, -0.25) is 10.1 Å². The second kappa shape index (κ2) is 5.31. The lowest BCUT2D eigenvalue weighted by Gasteiger charge is -2.28. The van der Waals surface area contributed by atoms with Crippen molar-refractivity contribution in [2.24, 2.45) is 5.73 Å². The molecule has 3 N–H and O–H groups in total. The summed E-state index contributed by atoms with van der Waals surface area (Å²) >= 11 is 5.24. The summed E-state index contributed by atoms with van der Waals surface area (Å²) in [4.78, 5) is 13.3. The van der Waals surface area contributed by atoms with Crippen molar-refractivity contribution in [3.63, 3.8) is 0 Å². The summed E-state index contributed by atoms with van der Waals surface area (Å²) in [6.45, 7) is 0.659. The van der Waals surface area contributed by atoms with Crippen LogP contribution in [0.5, 0.6) is 0 Å². The molecule has 0 saturated heterocycles. The molecule has 104 valence electrons. The van der Waals surface area contributed by atoms with E-state index in [2.05, 4.69) is 27.3 Å². The Bertz CT molecular complexity index is 641. The third kappa shape index (κ3) is 2.20. The first kappa shape index (κ1) is 13.8. The summed E-state index contributed by atoms with van der Waals surface area (Å²) in [6.07, 6.45) is 1.57. The molecular formula is C15H15BrN2OS. The molecule has 1 aliphatic rings. The molecule has 2 aromatic rings. The molecular weight excluding hydrogens is 336 g/mol. The first-order valence-corrected chi connectivity index (χ1v) is 8.16. The molecule has 0 aliphatic heterocycles. The van der Waals surface area contributed by atoms with Crippen molar-refractivity contribution in [1.29, 1.82) is 0 Å². The van der Waals surface area contributed by atoms with Gasteiger partial charge in [-0.15, -0.1) is 11.3 Å². The van der Waals surface area contributed by atoms with Crippen LogP contribution in [-0.4, -0.2) is 5.91 Å². The molecule has 0 spiro atoms. The lowest BCUT2D eigenvalue weighted by molar-refractivity contribution is -0.124. The Morgan fingerprint density at radius 1 is 1.40 bits per heavy atom. The number of nitrogens with two attached hydrogens (primary N) is 1. The Balaban J connectivity index is 1.95. The standard InChI is InChI=1S/C15H15BrN2OS/c16-13-5-1-4-12-11(13)6-7-15(12,14(17)19)18-9-10-3-2-8-20-10/h1-5,8,18H,6-7,9H2,(H2,17,19). The highest BCUT2D eigenvalue weighted by atomic mass is 79.9. The van der Waals surface area contributed by atoms with Crippen LogP contribution in [0.15, 0.2) is 40.2 Å². The van der Waals surface area contributed by atoms with Crippen LogP contribution in [0.25, 0.3) is 0 Å². The van der Waals surface area contributed by atoms with Gasteiger partial charge in [0.25, 0.3) is 0 Å². The van der Waals surface area contributed by atoms with Gasteiger partial charge in [-0.1, -0.05) is 34.1 Å². The molecule has 5 heteroatoms. The van der Waals surface area contributed by atoms with Gasteiger partial charge in [0.15, 0.2) is 0 Å². The van der Waals surface area contributed by atoms with Gasteiger partial charge in [-0.25, -0.2) is 0 Å². The third-order valence-corrected chi connectivity index (χ3v) is 5.51. The number of carbonyl (C=O) groups is 1. The highest BCUT2D eigenvalue weighted by Crippen LogP contribution is 2.40. The fourth-order valence-corrected chi connectivity index (χ4v) is 4.05. The number of hydrogen-bond donors (Lipinski definition) is 2. The molecule has 1 aromatic carbocycles. The van der Waals surface area contributed by atoms with Gasteiger partial charge in [0.1, 0.15) is 5.54 Å².